The molecule has 14 heteroatoms. The molecule has 2 aliphatic rings. The first kappa shape index (κ1) is 29.6. The van der Waals surface area contributed by atoms with Gasteiger partial charge >= 0.3 is 5.97 Å². The van der Waals surface area contributed by atoms with E-state index in [1.807, 2.05) is 17.0 Å². The van der Waals surface area contributed by atoms with Crippen LogP contribution in [0.15, 0.2) is 48.9 Å². The molecule has 0 unspecified atom stereocenters. The van der Waals surface area contributed by atoms with Gasteiger partial charge in [-0.05, 0) is 68.5 Å². The van der Waals surface area contributed by atoms with Gasteiger partial charge in [-0.25, -0.2) is 19.9 Å². The summed E-state index contributed by atoms with van der Waals surface area (Å²) in [7, 11) is 0. The number of imidazole rings is 1. The van der Waals surface area contributed by atoms with Crippen molar-refractivity contribution in [3.8, 4) is 22.9 Å². The molecule has 1 fully saturated rings. The summed E-state index contributed by atoms with van der Waals surface area (Å²) in [4.78, 5) is 33.3. The molecule has 5 heterocycles. The van der Waals surface area contributed by atoms with Crippen LogP contribution in [-0.4, -0.2) is 60.1 Å². The highest BCUT2D eigenvalue weighted by Crippen LogP contribution is 2.31. The van der Waals surface area contributed by atoms with E-state index in [2.05, 4.69) is 19.9 Å². The van der Waals surface area contributed by atoms with Crippen molar-refractivity contribution in [1.29, 1.82) is 0 Å². The van der Waals surface area contributed by atoms with Crippen molar-refractivity contribution in [3.05, 3.63) is 76.0 Å². The summed E-state index contributed by atoms with van der Waals surface area (Å²) in [5.41, 5.74) is 3.15. The Hall–Kier alpha value is -3.15. The van der Waals surface area contributed by atoms with Gasteiger partial charge in [0.25, 0.3) is 0 Å². The third-order valence-corrected chi connectivity index (χ3v) is 8.04. The average Bonchev–Trinajstić information content (AvgIpc) is 3.42. The maximum atomic E-state index is 11.1. The summed E-state index contributed by atoms with van der Waals surface area (Å²) in [5.74, 6) is 0.792. The minimum atomic E-state index is -2.26. The van der Waals surface area contributed by atoms with Crippen molar-refractivity contribution in [2.75, 3.05) is 24.5 Å². The lowest BCUT2D eigenvalue weighted by atomic mass is 9.93. The topological polar surface area (TPSA) is 110 Å². The first-order valence-corrected chi connectivity index (χ1v) is 14.5. The van der Waals surface area contributed by atoms with E-state index in [1.165, 1.54) is 0 Å². The summed E-state index contributed by atoms with van der Waals surface area (Å²) >= 11 is 12.6. The van der Waals surface area contributed by atoms with Crippen molar-refractivity contribution in [3.63, 3.8) is 0 Å². The first-order valence-electron chi connectivity index (χ1n) is 15.2. The van der Waals surface area contributed by atoms with Gasteiger partial charge in [0.05, 0.1) is 36.5 Å². The second kappa shape index (κ2) is 14.8. The molecule has 0 atom stereocenters. The first-order chi connectivity index (χ1) is 21.5. The van der Waals surface area contributed by atoms with Crippen LogP contribution in [0.2, 0.25) is 10.0 Å². The number of rotatable bonds is 8. The maximum Gasteiger partial charge on any atom is 0.303 e. The standard InChI is InChI=1S/C30H31Cl2N7O3.2ClH/c1-19-33-14-25-18-38(6-7-39(19)25)30-34-15-26(16-35-30)42-28-9-21(17-37-4-2-20(3-5-37)10-29(40)41)8-27(36-28)22-11-23(31)13-24(32)12-22;;/h8-9,11-16,20H,2-7,10,17-18H2,1H3,(H,40,41);2*1H/i1D3;;. The monoisotopic (exact) mass is 682 g/mol. The van der Waals surface area contributed by atoms with Crippen molar-refractivity contribution < 1.29 is 18.8 Å². The van der Waals surface area contributed by atoms with E-state index < -0.39 is 12.8 Å². The van der Waals surface area contributed by atoms with Crippen LogP contribution in [0.3, 0.4) is 0 Å². The van der Waals surface area contributed by atoms with E-state index in [1.54, 1.807) is 41.4 Å². The number of aryl methyl sites for hydroxylation is 1. The second-order valence-electron chi connectivity index (χ2n) is 10.6. The molecule has 1 aromatic carbocycles. The Morgan fingerprint density at radius 1 is 1.00 bits per heavy atom. The van der Waals surface area contributed by atoms with E-state index in [0.717, 1.165) is 42.8 Å². The minimum absolute atomic E-state index is 0. The van der Waals surface area contributed by atoms with Crippen LogP contribution in [0.4, 0.5) is 5.95 Å². The number of pyridine rings is 1. The zero-order valence-corrected chi connectivity index (χ0v) is 26.7. The van der Waals surface area contributed by atoms with Gasteiger partial charge in [-0.1, -0.05) is 23.2 Å². The Labute approximate surface area is 282 Å². The number of aliphatic carboxylic acids is 1. The molecule has 1 saturated heterocycles. The fourth-order valence-electron chi connectivity index (χ4n) is 5.51. The fourth-order valence-corrected chi connectivity index (χ4v) is 6.03. The number of hydrogen-bond donors (Lipinski definition) is 1. The predicted octanol–water partition coefficient (Wildman–Crippen LogP) is 6.69. The van der Waals surface area contributed by atoms with E-state index >= 15 is 0 Å². The van der Waals surface area contributed by atoms with Crippen molar-refractivity contribution in [2.24, 2.45) is 5.92 Å². The Bertz CT molecular complexity index is 1680. The van der Waals surface area contributed by atoms with E-state index in [9.17, 15) is 4.79 Å². The molecular formula is C30H33Cl4N7O3. The Kier molecular flexibility index (Phi) is 9.91. The number of fused-ring (bicyclic) bond motifs is 1. The molecule has 10 nitrogen and oxygen atoms in total. The summed E-state index contributed by atoms with van der Waals surface area (Å²) in [5, 5.41) is 10.1. The molecule has 0 radical (unpaired) electrons. The number of nitrogens with zero attached hydrogens (tertiary/aromatic N) is 7. The molecule has 4 aromatic rings. The van der Waals surface area contributed by atoms with Gasteiger partial charge in [0.15, 0.2) is 5.75 Å². The molecule has 2 aliphatic heterocycles. The van der Waals surface area contributed by atoms with Gasteiger partial charge in [-0.3, -0.25) is 9.69 Å². The quantitative estimate of drug-likeness (QED) is 0.217. The summed E-state index contributed by atoms with van der Waals surface area (Å²) in [6, 6.07) is 9.11. The predicted molar refractivity (Wildman–Crippen MR) is 175 cm³/mol. The molecule has 1 N–H and O–H groups in total. The Morgan fingerprint density at radius 2 is 1.73 bits per heavy atom. The fraction of sp³-hybridized carbons (Fsp3) is 0.367. The zero-order chi connectivity index (χ0) is 31.7. The summed E-state index contributed by atoms with van der Waals surface area (Å²) in [6.45, 7) is 1.43. The van der Waals surface area contributed by atoms with Crippen LogP contribution in [0.25, 0.3) is 11.3 Å². The maximum absolute atomic E-state index is 11.1. The van der Waals surface area contributed by atoms with E-state index in [4.69, 9.17) is 42.1 Å². The van der Waals surface area contributed by atoms with Gasteiger partial charge in [0.1, 0.15) is 5.82 Å². The molecule has 0 saturated carbocycles. The lowest BCUT2D eigenvalue weighted by Crippen LogP contribution is -2.34. The third-order valence-electron chi connectivity index (χ3n) is 7.60. The number of carboxylic acids is 1. The van der Waals surface area contributed by atoms with E-state index in [-0.39, 0.29) is 43.0 Å². The number of benzene rings is 1. The van der Waals surface area contributed by atoms with Crippen LogP contribution in [-0.2, 0) is 24.4 Å². The van der Waals surface area contributed by atoms with Crippen molar-refractivity contribution in [2.45, 2.75) is 45.7 Å². The van der Waals surface area contributed by atoms with Crippen LogP contribution in [0.1, 0.15) is 40.5 Å². The third kappa shape index (κ3) is 8.11. The molecule has 3 aromatic heterocycles. The zero-order valence-electron chi connectivity index (χ0n) is 26.5. The molecule has 0 spiro atoms. The Morgan fingerprint density at radius 3 is 2.41 bits per heavy atom. The van der Waals surface area contributed by atoms with Gasteiger partial charge < -0.3 is 19.3 Å². The molecule has 0 bridgehead atoms. The second-order valence-corrected chi connectivity index (χ2v) is 11.5. The number of ether oxygens (including phenoxy) is 1. The highest BCUT2D eigenvalue weighted by atomic mass is 35.5. The largest absolute Gasteiger partial charge is 0.481 e. The molecule has 234 valence electrons. The smallest absolute Gasteiger partial charge is 0.303 e. The number of halogens is 4. The summed E-state index contributed by atoms with van der Waals surface area (Å²) < 4.78 is 31.0. The van der Waals surface area contributed by atoms with Crippen molar-refractivity contribution >= 4 is 59.9 Å². The lowest BCUT2D eigenvalue weighted by molar-refractivity contribution is -0.138. The van der Waals surface area contributed by atoms with Crippen LogP contribution < -0.4 is 9.64 Å². The highest BCUT2D eigenvalue weighted by molar-refractivity contribution is 6.35. The van der Waals surface area contributed by atoms with Gasteiger partial charge in [-0.15, -0.1) is 24.8 Å². The van der Waals surface area contributed by atoms with Crippen LogP contribution in [0.5, 0.6) is 11.6 Å². The van der Waals surface area contributed by atoms with Crippen molar-refractivity contribution in [1.82, 2.24) is 29.4 Å². The van der Waals surface area contributed by atoms with Gasteiger partial charge in [0, 0.05) is 51.8 Å². The number of piperidine rings is 1. The van der Waals surface area contributed by atoms with Crippen LogP contribution >= 0.6 is 48.0 Å². The number of carboxylic acid groups (broad SMARTS) is 1. The summed E-state index contributed by atoms with van der Waals surface area (Å²) in [6.07, 6.45) is 6.63. The van der Waals surface area contributed by atoms with E-state index in [0.29, 0.717) is 59.5 Å². The number of hydrogen-bond acceptors (Lipinski definition) is 8. The molecule has 0 amide bonds. The molecule has 44 heavy (non-hydrogen) atoms. The van der Waals surface area contributed by atoms with Gasteiger partial charge in [0.2, 0.25) is 11.8 Å². The normalized spacial score (nSPS) is 16.5. The number of anilines is 1. The molecular weight excluding hydrogens is 648 g/mol. The molecule has 6 rings (SSSR count). The SMILES string of the molecule is Cl.Cl.[2H]C([2H])([2H])c1ncc2n1CCN(c1ncc(Oc3cc(CN4CCC(CC(=O)O)CC4)cc(-c4cc(Cl)cc(Cl)c4)n3)cn1)C2. The Balaban J connectivity index is 0.00000250. The number of carbonyl (C=O) groups is 1. The molecule has 0 aliphatic carbocycles. The number of likely N-dealkylation sites (tertiary alicyclic amines) is 1. The lowest BCUT2D eigenvalue weighted by Gasteiger charge is -2.31. The van der Waals surface area contributed by atoms with Gasteiger partial charge in [-0.2, -0.15) is 0 Å². The minimum Gasteiger partial charge on any atom is -0.481 e. The number of aromatic nitrogens is 5. The average molecular weight is 684 g/mol. The highest BCUT2D eigenvalue weighted by Gasteiger charge is 2.23. The van der Waals surface area contributed by atoms with Crippen LogP contribution in [0, 0.1) is 12.8 Å².